The van der Waals surface area contributed by atoms with E-state index in [4.69, 9.17) is 5.73 Å². The van der Waals surface area contributed by atoms with Crippen molar-refractivity contribution < 1.29 is 4.79 Å². The van der Waals surface area contributed by atoms with E-state index in [-0.39, 0.29) is 4.87 Å². The van der Waals surface area contributed by atoms with Crippen LogP contribution < -0.4 is 10.6 Å². The molecule has 3 aromatic rings. The van der Waals surface area contributed by atoms with E-state index >= 15 is 0 Å². The predicted octanol–water partition coefficient (Wildman–Crippen LogP) is 2.14. The Kier molecular flexibility index (Phi) is 3.12. The molecule has 100 valence electrons. The van der Waals surface area contributed by atoms with Crippen LogP contribution in [0, 0.1) is 0 Å². The topological polar surface area (TPSA) is 65.1 Å². The van der Waals surface area contributed by atoms with Crippen molar-refractivity contribution in [3.8, 4) is 0 Å². The monoisotopic (exact) mass is 284 g/mol. The number of aromatic nitrogens is 1. The second-order valence-electron chi connectivity index (χ2n) is 4.42. The summed E-state index contributed by atoms with van der Waals surface area (Å²) < 4.78 is 2.32. The second kappa shape index (κ2) is 4.94. The lowest BCUT2D eigenvalue weighted by Crippen LogP contribution is -2.32. The van der Waals surface area contributed by atoms with E-state index in [2.05, 4.69) is 0 Å². The number of hydrogen-bond acceptors (Lipinski definition) is 3. The highest BCUT2D eigenvalue weighted by Crippen LogP contribution is 2.24. The largest absolute Gasteiger partial charge is 0.368 e. The maximum absolute atomic E-state index is 12.2. The van der Waals surface area contributed by atoms with Gasteiger partial charge in [-0.15, -0.1) is 0 Å². The molecule has 0 fully saturated rings. The quantitative estimate of drug-likeness (QED) is 0.800. The van der Waals surface area contributed by atoms with E-state index in [9.17, 15) is 9.59 Å². The summed E-state index contributed by atoms with van der Waals surface area (Å²) in [6.45, 7) is 0. The zero-order valence-corrected chi connectivity index (χ0v) is 11.3. The molecule has 3 rings (SSSR count). The minimum absolute atomic E-state index is 0.182. The average molecular weight is 284 g/mol. The third-order valence-electron chi connectivity index (χ3n) is 3.16. The van der Waals surface area contributed by atoms with Crippen molar-refractivity contribution >= 4 is 27.5 Å². The molecule has 0 aliphatic rings. The molecule has 1 aromatic heterocycles. The van der Waals surface area contributed by atoms with Crippen molar-refractivity contribution in [2.24, 2.45) is 5.73 Å². The fourth-order valence-electron chi connectivity index (χ4n) is 2.30. The molecule has 5 heteroatoms. The summed E-state index contributed by atoms with van der Waals surface area (Å²) in [4.78, 5) is 23.9. The van der Waals surface area contributed by atoms with Crippen molar-refractivity contribution in [3.05, 3.63) is 69.8 Å². The van der Waals surface area contributed by atoms with Crippen LogP contribution in [0.2, 0.25) is 0 Å². The number of para-hydroxylation sites is 1. The molecule has 2 N–H and O–H groups in total. The van der Waals surface area contributed by atoms with Crippen LogP contribution >= 0.6 is 11.3 Å². The lowest BCUT2D eigenvalue weighted by molar-refractivity contribution is -0.120. The van der Waals surface area contributed by atoms with Gasteiger partial charge in [-0.2, -0.15) is 0 Å². The summed E-state index contributed by atoms with van der Waals surface area (Å²) in [5.74, 6) is -0.540. The van der Waals surface area contributed by atoms with Gasteiger partial charge in [0.1, 0.15) is 6.04 Å². The van der Waals surface area contributed by atoms with Crippen LogP contribution in [0.1, 0.15) is 11.6 Å². The number of thiazole rings is 1. The molecule has 0 saturated heterocycles. The van der Waals surface area contributed by atoms with Crippen LogP contribution in [-0.2, 0) is 4.79 Å². The Morgan fingerprint density at radius 1 is 1.05 bits per heavy atom. The number of carbonyl (C=O) groups excluding carboxylic acids is 1. The maximum atomic E-state index is 12.2. The SMILES string of the molecule is NC(=O)[C@@H](c1ccccc1)n1c(=O)sc2ccccc21. The normalized spacial score (nSPS) is 12.4. The first-order valence-corrected chi connectivity index (χ1v) is 6.94. The van der Waals surface area contributed by atoms with Crippen molar-refractivity contribution in [3.63, 3.8) is 0 Å². The predicted molar refractivity (Wildman–Crippen MR) is 79.9 cm³/mol. The summed E-state index contributed by atoms with van der Waals surface area (Å²) in [6.07, 6.45) is 0. The van der Waals surface area contributed by atoms with Crippen molar-refractivity contribution in [1.29, 1.82) is 0 Å². The van der Waals surface area contributed by atoms with Gasteiger partial charge in [0.15, 0.2) is 0 Å². The van der Waals surface area contributed by atoms with Crippen LogP contribution in [0.5, 0.6) is 0 Å². The molecule has 0 spiro atoms. The number of amides is 1. The Bertz CT molecular complexity index is 821. The van der Waals surface area contributed by atoms with Crippen LogP contribution in [0.3, 0.4) is 0 Å². The van der Waals surface area contributed by atoms with E-state index in [0.29, 0.717) is 5.56 Å². The zero-order valence-electron chi connectivity index (χ0n) is 10.5. The number of primary amides is 1. The molecule has 4 nitrogen and oxygen atoms in total. The number of hydrogen-bond donors (Lipinski definition) is 1. The van der Waals surface area contributed by atoms with Gasteiger partial charge in [0, 0.05) is 0 Å². The van der Waals surface area contributed by atoms with Gasteiger partial charge in [-0.1, -0.05) is 53.8 Å². The summed E-state index contributed by atoms with van der Waals surface area (Å²) in [6, 6.07) is 15.7. The lowest BCUT2D eigenvalue weighted by Gasteiger charge is -2.15. The molecule has 1 atom stereocenters. The number of nitrogens with zero attached hydrogens (tertiary/aromatic N) is 1. The summed E-state index contributed by atoms with van der Waals surface area (Å²) in [7, 11) is 0. The zero-order chi connectivity index (χ0) is 14.1. The lowest BCUT2D eigenvalue weighted by atomic mass is 10.1. The van der Waals surface area contributed by atoms with Gasteiger partial charge < -0.3 is 5.73 Å². The Hall–Kier alpha value is -2.40. The highest BCUT2D eigenvalue weighted by molar-refractivity contribution is 7.16. The summed E-state index contributed by atoms with van der Waals surface area (Å²) >= 11 is 1.12. The average Bonchev–Trinajstić information content (AvgIpc) is 2.77. The Labute approximate surface area is 119 Å². The Morgan fingerprint density at radius 3 is 2.40 bits per heavy atom. The first-order chi connectivity index (χ1) is 9.68. The maximum Gasteiger partial charge on any atom is 0.309 e. The van der Waals surface area contributed by atoms with Crippen LogP contribution in [-0.4, -0.2) is 10.5 Å². The fourth-order valence-corrected chi connectivity index (χ4v) is 3.21. The van der Waals surface area contributed by atoms with Crippen LogP contribution in [0.15, 0.2) is 59.4 Å². The van der Waals surface area contributed by atoms with Gasteiger partial charge in [0.25, 0.3) is 0 Å². The molecule has 0 radical (unpaired) electrons. The highest BCUT2D eigenvalue weighted by atomic mass is 32.1. The van der Waals surface area contributed by atoms with Gasteiger partial charge in [-0.05, 0) is 17.7 Å². The highest BCUT2D eigenvalue weighted by Gasteiger charge is 2.23. The molecular weight excluding hydrogens is 272 g/mol. The molecule has 0 aliphatic heterocycles. The molecule has 1 amide bonds. The van der Waals surface area contributed by atoms with Crippen LogP contribution in [0.4, 0.5) is 0 Å². The third kappa shape index (κ3) is 2.02. The molecule has 0 aliphatic carbocycles. The standard InChI is InChI=1S/C15H12N2O2S/c16-14(18)13(10-6-2-1-3-7-10)17-11-8-4-5-9-12(11)20-15(17)19/h1-9,13H,(H2,16,18)/t13-/m1/s1. The smallest absolute Gasteiger partial charge is 0.309 e. The van der Waals surface area contributed by atoms with Gasteiger partial charge in [0.2, 0.25) is 5.91 Å². The van der Waals surface area contributed by atoms with Gasteiger partial charge >= 0.3 is 4.87 Å². The number of carbonyl (C=O) groups is 1. The first kappa shape index (κ1) is 12.6. The van der Waals surface area contributed by atoms with Gasteiger partial charge in [-0.3, -0.25) is 14.2 Å². The molecule has 0 unspecified atom stereocenters. The van der Waals surface area contributed by atoms with Gasteiger partial charge in [-0.25, -0.2) is 0 Å². The molecule has 0 saturated carbocycles. The Morgan fingerprint density at radius 2 is 1.70 bits per heavy atom. The van der Waals surface area contributed by atoms with Gasteiger partial charge in [0.05, 0.1) is 10.2 Å². The van der Waals surface area contributed by atoms with Crippen molar-refractivity contribution in [1.82, 2.24) is 4.57 Å². The van der Waals surface area contributed by atoms with Crippen LogP contribution in [0.25, 0.3) is 10.2 Å². The molecular formula is C15H12N2O2S. The minimum atomic E-state index is -0.778. The number of rotatable bonds is 3. The fraction of sp³-hybridized carbons (Fsp3) is 0.0667. The van der Waals surface area contributed by atoms with Crippen molar-refractivity contribution in [2.75, 3.05) is 0 Å². The van der Waals surface area contributed by atoms with E-state index in [1.165, 1.54) is 4.57 Å². The number of nitrogens with two attached hydrogens (primary N) is 1. The first-order valence-electron chi connectivity index (χ1n) is 6.13. The van der Waals surface area contributed by atoms with E-state index in [1.807, 2.05) is 42.5 Å². The number of fused-ring (bicyclic) bond motifs is 1. The number of benzene rings is 2. The summed E-state index contributed by atoms with van der Waals surface area (Å²) in [5, 5.41) is 0. The second-order valence-corrected chi connectivity index (χ2v) is 5.41. The van der Waals surface area contributed by atoms with E-state index < -0.39 is 11.9 Å². The Balaban J connectivity index is 2.28. The molecule has 2 aromatic carbocycles. The minimum Gasteiger partial charge on any atom is -0.368 e. The molecule has 0 bridgehead atoms. The third-order valence-corrected chi connectivity index (χ3v) is 4.10. The molecule has 1 heterocycles. The van der Waals surface area contributed by atoms with E-state index in [0.717, 1.165) is 21.6 Å². The van der Waals surface area contributed by atoms with E-state index in [1.54, 1.807) is 12.1 Å². The molecule has 20 heavy (non-hydrogen) atoms. The summed E-state index contributed by atoms with van der Waals surface area (Å²) in [5.41, 5.74) is 6.97. The van der Waals surface area contributed by atoms with Crippen molar-refractivity contribution in [2.45, 2.75) is 6.04 Å².